The van der Waals surface area contributed by atoms with E-state index in [1.807, 2.05) is 0 Å². The number of aliphatic hydroxyl groups is 1. The van der Waals surface area contributed by atoms with Gasteiger partial charge >= 0.3 is 0 Å². The molecule has 0 aromatic carbocycles. The van der Waals surface area contributed by atoms with Crippen LogP contribution in [0.1, 0.15) is 2.74 Å². The summed E-state index contributed by atoms with van der Waals surface area (Å²) in [7, 11) is 0. The number of hydrogen-bond donors (Lipinski definition) is 1. The summed E-state index contributed by atoms with van der Waals surface area (Å²) in [5, 5.41) is 7.78. The second kappa shape index (κ2) is 2.89. The zero-order valence-electron chi connectivity index (χ0n) is 4.03. The first-order valence-electron chi connectivity index (χ1n) is 1.84. The van der Waals surface area contributed by atoms with Crippen LogP contribution < -0.4 is 0 Å². The topological polar surface area (TPSA) is 20.2 Å². The Bertz CT molecular complexity index is 41.3. The van der Waals surface area contributed by atoms with E-state index in [0.29, 0.717) is 0 Å². The molecule has 0 aliphatic heterocycles. The maximum absolute atomic E-state index is 10.9. The van der Waals surface area contributed by atoms with Crippen LogP contribution in [-0.4, -0.2) is 18.3 Å². The molecule has 0 aromatic rings. The highest BCUT2D eigenvalue weighted by Gasteiger charge is 1.61. The molecule has 0 saturated carbocycles. The molecule has 1 N–H and O–H groups in total. The Balaban J connectivity index is 3.17. The van der Waals surface area contributed by atoms with Crippen LogP contribution in [0.2, 0.25) is 0 Å². The molecule has 0 radical (unpaired) electrons. The lowest BCUT2D eigenvalue weighted by atomic mass is 10.9. The highest BCUT2D eigenvalue weighted by atomic mass is 19.1. The molecule has 4 heavy (non-hydrogen) atoms. The highest BCUT2D eigenvalue weighted by Crippen LogP contribution is 1.54. The molecule has 0 rings (SSSR count). The van der Waals surface area contributed by atoms with Gasteiger partial charge in [0.1, 0.15) is 6.67 Å². The number of hydrogen-bond acceptors (Lipinski definition) is 1. The minimum absolute atomic E-state index is 1.34. The molecule has 0 aromatic heterocycles. The van der Waals surface area contributed by atoms with Gasteiger partial charge in [0.15, 0.2) is 0 Å². The molecule has 2 heteroatoms. The number of halogens is 1. The van der Waals surface area contributed by atoms with E-state index in [-0.39, 0.29) is 0 Å². The fourth-order valence-electron chi connectivity index (χ4n) is 0. The Kier molecular flexibility index (Phi) is 0.982. The molecule has 0 spiro atoms. The third-order valence-corrected chi connectivity index (χ3v) is 0.0598. The first-order chi connectivity index (χ1) is 2.56. The van der Waals surface area contributed by atoms with Crippen molar-refractivity contribution in [2.75, 3.05) is 13.2 Å². The van der Waals surface area contributed by atoms with Crippen molar-refractivity contribution in [1.29, 1.82) is 0 Å². The molecule has 0 amide bonds. The number of alkyl halides is 1. The predicted octanol–water partition coefficient (Wildman–Crippen LogP) is -0.0518. The van der Waals surface area contributed by atoms with Crippen LogP contribution in [0.5, 0.6) is 0 Å². The molecule has 0 fully saturated rings. The van der Waals surface area contributed by atoms with Crippen LogP contribution >= 0.6 is 0 Å². The van der Waals surface area contributed by atoms with E-state index in [0.717, 1.165) is 0 Å². The van der Waals surface area contributed by atoms with Crippen LogP contribution in [0.4, 0.5) is 4.39 Å². The molecular formula is C2H5FO. The third kappa shape index (κ3) is 1.89. The Morgan fingerprint density at radius 1 is 2.25 bits per heavy atom. The first kappa shape index (κ1) is 1.36. The molecule has 0 saturated heterocycles. The zero-order valence-corrected chi connectivity index (χ0v) is 2.03. The molecular weight excluding hydrogens is 59.0 g/mol. The van der Waals surface area contributed by atoms with Gasteiger partial charge in [-0.1, -0.05) is 0 Å². The smallest absolute Gasteiger partial charge is 0.112 e. The van der Waals surface area contributed by atoms with Gasteiger partial charge in [-0.3, -0.25) is 0 Å². The fraction of sp³-hybridized carbons (Fsp3) is 1.00. The molecule has 0 heterocycles. The van der Waals surface area contributed by atoms with Crippen molar-refractivity contribution < 1.29 is 12.2 Å². The van der Waals surface area contributed by atoms with Crippen molar-refractivity contribution in [2.24, 2.45) is 0 Å². The van der Waals surface area contributed by atoms with Crippen molar-refractivity contribution in [3.8, 4) is 0 Å². The second-order valence-electron chi connectivity index (χ2n) is 0.292. The minimum atomic E-state index is -2.62. The van der Waals surface area contributed by atoms with Gasteiger partial charge in [-0.2, -0.15) is 0 Å². The summed E-state index contributed by atoms with van der Waals surface area (Å²) in [5.41, 5.74) is 0. The van der Waals surface area contributed by atoms with Crippen molar-refractivity contribution in [2.45, 2.75) is 0 Å². The Morgan fingerprint density at radius 2 is 2.50 bits per heavy atom. The van der Waals surface area contributed by atoms with Gasteiger partial charge in [0.25, 0.3) is 0 Å². The molecule has 0 unspecified atom stereocenters. The summed E-state index contributed by atoms with van der Waals surface area (Å²) >= 11 is 0. The largest absolute Gasteiger partial charge is 0.394 e. The van der Waals surface area contributed by atoms with Crippen molar-refractivity contribution >= 4 is 0 Å². The molecule has 0 aliphatic rings. The van der Waals surface area contributed by atoms with Gasteiger partial charge in [-0.05, 0) is 0 Å². The summed E-state index contributed by atoms with van der Waals surface area (Å²) in [4.78, 5) is 0. The number of rotatable bonds is 1. The van der Waals surface area contributed by atoms with Gasteiger partial charge in [-0.15, -0.1) is 0 Å². The van der Waals surface area contributed by atoms with Crippen LogP contribution in [0.15, 0.2) is 0 Å². The third-order valence-electron chi connectivity index (χ3n) is 0.0598. The monoisotopic (exact) mass is 66.0 g/mol. The van der Waals surface area contributed by atoms with E-state index in [1.54, 1.807) is 0 Å². The summed E-state index contributed by atoms with van der Waals surface area (Å²) in [6.07, 6.45) is 0. The normalized spacial score (nSPS) is 18.5. The fourth-order valence-corrected chi connectivity index (χ4v) is 0. The lowest BCUT2D eigenvalue weighted by Crippen LogP contribution is -1.77. The van der Waals surface area contributed by atoms with Gasteiger partial charge in [0, 0.05) is 0 Å². The van der Waals surface area contributed by atoms with Crippen LogP contribution in [0.3, 0.4) is 0 Å². The molecule has 0 aliphatic carbocycles. The Hall–Kier alpha value is -0.110. The molecule has 0 bridgehead atoms. The average Bonchev–Trinajstić information content (AvgIpc) is 1.35. The van der Waals surface area contributed by atoms with Crippen LogP contribution in [0, 0.1) is 0 Å². The van der Waals surface area contributed by atoms with Gasteiger partial charge in [0.05, 0.1) is 9.30 Å². The van der Waals surface area contributed by atoms with Gasteiger partial charge in [-0.25, -0.2) is 4.39 Å². The first-order valence-corrected chi connectivity index (χ1v) is 0.844. The predicted molar refractivity (Wildman–Crippen MR) is 13.1 cm³/mol. The van der Waals surface area contributed by atoms with E-state index in [9.17, 15) is 4.39 Å². The van der Waals surface area contributed by atoms with Crippen molar-refractivity contribution in [3.05, 3.63) is 0 Å². The van der Waals surface area contributed by atoms with Gasteiger partial charge in [0.2, 0.25) is 0 Å². The maximum Gasteiger partial charge on any atom is 0.112 e. The average molecular weight is 66.1 g/mol. The van der Waals surface area contributed by atoms with Crippen LogP contribution in [0.25, 0.3) is 0 Å². The van der Waals surface area contributed by atoms with E-state index in [2.05, 4.69) is 0 Å². The lowest BCUT2D eigenvalue weighted by Gasteiger charge is -1.66. The van der Waals surface area contributed by atoms with Crippen molar-refractivity contribution in [3.63, 3.8) is 0 Å². The Morgan fingerprint density at radius 3 is 2.50 bits per heavy atom. The molecule has 1 nitrogen and oxygen atoms in total. The summed E-state index contributed by atoms with van der Waals surface area (Å²) < 4.78 is 22.9. The summed E-state index contributed by atoms with van der Waals surface area (Å²) in [5.74, 6) is 0. The van der Waals surface area contributed by atoms with Crippen molar-refractivity contribution in [1.82, 2.24) is 0 Å². The maximum atomic E-state index is 10.9. The highest BCUT2D eigenvalue weighted by molar-refractivity contribution is 4.08. The van der Waals surface area contributed by atoms with E-state index >= 15 is 0 Å². The second-order valence-corrected chi connectivity index (χ2v) is 0.292. The molecule has 0 atom stereocenters. The standard InChI is InChI=1S/C2H5FO/c3-1-2-4/h4H,1-2H2/i2D2. The van der Waals surface area contributed by atoms with E-state index in [1.165, 1.54) is 0 Å². The Labute approximate surface area is 26.9 Å². The van der Waals surface area contributed by atoms with E-state index in [4.69, 9.17) is 7.85 Å². The van der Waals surface area contributed by atoms with Gasteiger partial charge < -0.3 is 5.11 Å². The SMILES string of the molecule is [2H]C([2H])(O)CF. The quantitative estimate of drug-likeness (QED) is 0.455. The minimum Gasteiger partial charge on any atom is -0.394 e. The lowest BCUT2D eigenvalue weighted by molar-refractivity contribution is 0.253. The van der Waals surface area contributed by atoms with Crippen LogP contribution in [-0.2, 0) is 0 Å². The zero-order chi connectivity index (χ0) is 5.21. The van der Waals surface area contributed by atoms with E-state index < -0.39 is 13.2 Å². The summed E-state index contributed by atoms with van der Waals surface area (Å²) in [6, 6.07) is 0. The summed E-state index contributed by atoms with van der Waals surface area (Å²) in [6.45, 7) is -3.97. The molecule has 26 valence electrons.